The molecule has 3 atom stereocenters. The second-order valence-electron chi connectivity index (χ2n) is 10.7. The summed E-state index contributed by atoms with van der Waals surface area (Å²) >= 11 is 0. The number of benzene rings is 4. The van der Waals surface area contributed by atoms with Crippen molar-refractivity contribution in [3.8, 4) is 11.5 Å². The average Bonchev–Trinajstić information content (AvgIpc) is 3.46. The van der Waals surface area contributed by atoms with Gasteiger partial charge in [0.25, 0.3) is 0 Å². The lowest BCUT2D eigenvalue weighted by molar-refractivity contribution is 0.0665. The molecule has 7 rings (SSSR count). The summed E-state index contributed by atoms with van der Waals surface area (Å²) in [7, 11) is 3.04. The van der Waals surface area contributed by atoms with Crippen LogP contribution in [-0.4, -0.2) is 43.7 Å². The van der Waals surface area contributed by atoms with Crippen molar-refractivity contribution in [3.63, 3.8) is 0 Å². The molecule has 0 aromatic heterocycles. The highest BCUT2D eigenvalue weighted by atomic mass is 19.1. The van der Waals surface area contributed by atoms with Crippen molar-refractivity contribution in [2.24, 2.45) is 5.41 Å². The maximum absolute atomic E-state index is 14.7. The number of anilines is 1. The van der Waals surface area contributed by atoms with Gasteiger partial charge >= 0.3 is 0 Å². The van der Waals surface area contributed by atoms with E-state index < -0.39 is 29.2 Å². The molecule has 7 heteroatoms. The molecule has 0 amide bonds. The minimum absolute atomic E-state index is 0.262. The van der Waals surface area contributed by atoms with E-state index in [0.29, 0.717) is 45.0 Å². The van der Waals surface area contributed by atoms with Gasteiger partial charge in [-0.3, -0.25) is 14.4 Å². The predicted molar refractivity (Wildman–Crippen MR) is 156 cm³/mol. The molecule has 4 aromatic carbocycles. The minimum Gasteiger partial charge on any atom is -0.497 e. The number of Topliss-reactive ketones (excluding diaryl/α,β-unsaturated/α-hetero) is 3. The number of hydrogen-bond donors (Lipinski definition) is 0. The Kier molecular flexibility index (Phi) is 5.87. The van der Waals surface area contributed by atoms with Crippen LogP contribution in [0.1, 0.15) is 48.1 Å². The van der Waals surface area contributed by atoms with Crippen LogP contribution in [0.25, 0.3) is 6.08 Å². The Labute approximate surface area is 242 Å². The van der Waals surface area contributed by atoms with Crippen LogP contribution in [0.2, 0.25) is 0 Å². The van der Waals surface area contributed by atoms with E-state index in [1.807, 2.05) is 11.0 Å². The molecule has 0 unspecified atom stereocenters. The first-order chi connectivity index (χ1) is 20.4. The Morgan fingerprint density at radius 3 is 2.19 bits per heavy atom. The average molecular weight is 560 g/mol. The van der Waals surface area contributed by atoms with Crippen molar-refractivity contribution in [2.75, 3.05) is 19.1 Å². The highest BCUT2D eigenvalue weighted by molar-refractivity contribution is 6.32. The molecule has 0 radical (unpaired) electrons. The maximum Gasteiger partial charge on any atom is 0.185 e. The van der Waals surface area contributed by atoms with E-state index in [2.05, 4.69) is 0 Å². The standard InChI is InChI=1S/C35H26FNO5/c1-41-23-14-15-26(28(19-23)42-2)30-31(32(38)20-8-4-3-5-9-20)37-27-16-13-22(36)18-21(27)12-17-29(37)35(30)33(39)24-10-6-7-11-25(24)34(35)40/h3-19,29-31H,1-2H3/t29-,30-,31+/m1/s1. The molecule has 2 aliphatic heterocycles. The molecule has 0 saturated carbocycles. The zero-order valence-electron chi connectivity index (χ0n) is 22.9. The summed E-state index contributed by atoms with van der Waals surface area (Å²) in [5, 5.41) is 0. The van der Waals surface area contributed by atoms with Crippen LogP contribution >= 0.6 is 0 Å². The molecular weight excluding hydrogens is 533 g/mol. The highest BCUT2D eigenvalue weighted by Crippen LogP contribution is 2.62. The lowest BCUT2D eigenvalue weighted by Gasteiger charge is -2.37. The van der Waals surface area contributed by atoms with Crippen LogP contribution < -0.4 is 14.4 Å². The second-order valence-corrected chi connectivity index (χ2v) is 10.7. The molecule has 2 heterocycles. The smallest absolute Gasteiger partial charge is 0.185 e. The number of rotatable bonds is 5. The van der Waals surface area contributed by atoms with Crippen LogP contribution in [-0.2, 0) is 0 Å². The minimum atomic E-state index is -1.69. The van der Waals surface area contributed by atoms with E-state index in [0.717, 1.165) is 0 Å². The van der Waals surface area contributed by atoms with Crippen LogP contribution in [0.3, 0.4) is 0 Å². The van der Waals surface area contributed by atoms with E-state index in [-0.39, 0.29) is 17.3 Å². The van der Waals surface area contributed by atoms with Crippen molar-refractivity contribution < 1.29 is 28.2 Å². The van der Waals surface area contributed by atoms with Crippen molar-refractivity contribution in [2.45, 2.75) is 18.0 Å². The fourth-order valence-corrected chi connectivity index (χ4v) is 7.14. The van der Waals surface area contributed by atoms with Gasteiger partial charge in [0.15, 0.2) is 17.3 Å². The van der Waals surface area contributed by atoms with Gasteiger partial charge in [-0.15, -0.1) is 0 Å². The number of carbonyl (C=O) groups is 3. The number of nitrogens with zero attached hydrogens (tertiary/aromatic N) is 1. The summed E-state index contributed by atoms with van der Waals surface area (Å²) in [4.78, 5) is 46.0. The first-order valence-electron chi connectivity index (χ1n) is 13.7. The Bertz CT molecular complexity index is 1780. The van der Waals surface area contributed by atoms with Gasteiger partial charge in [-0.2, -0.15) is 0 Å². The van der Waals surface area contributed by atoms with Crippen LogP contribution in [0.15, 0.2) is 97.1 Å². The molecule has 0 N–H and O–H groups in total. The topological polar surface area (TPSA) is 72.9 Å². The third kappa shape index (κ3) is 3.40. The van der Waals surface area contributed by atoms with Gasteiger partial charge in [0.1, 0.15) is 28.8 Å². The maximum atomic E-state index is 14.7. The summed E-state index contributed by atoms with van der Waals surface area (Å²) < 4.78 is 25.7. The summed E-state index contributed by atoms with van der Waals surface area (Å²) in [5.74, 6) is -1.42. The molecule has 42 heavy (non-hydrogen) atoms. The van der Waals surface area contributed by atoms with Gasteiger partial charge in [-0.05, 0) is 24.3 Å². The van der Waals surface area contributed by atoms with Gasteiger partial charge in [-0.25, -0.2) is 4.39 Å². The van der Waals surface area contributed by atoms with E-state index in [1.165, 1.54) is 26.4 Å². The number of ketones is 3. The van der Waals surface area contributed by atoms with E-state index in [4.69, 9.17) is 9.47 Å². The monoisotopic (exact) mass is 559 g/mol. The van der Waals surface area contributed by atoms with E-state index in [9.17, 15) is 18.8 Å². The number of fused-ring (bicyclic) bond motifs is 5. The first kappa shape index (κ1) is 25.9. The Morgan fingerprint density at radius 1 is 0.833 bits per heavy atom. The van der Waals surface area contributed by atoms with Crippen molar-refractivity contribution >= 4 is 29.1 Å². The molecule has 3 aliphatic rings. The zero-order valence-corrected chi connectivity index (χ0v) is 22.9. The summed E-state index contributed by atoms with van der Waals surface area (Å²) in [6, 6.07) is 23.4. The molecule has 1 fully saturated rings. The SMILES string of the molecule is COc1ccc([C@@H]2[C@@H](C(=O)c3ccccc3)N3c4ccc(F)cc4C=C[C@@H]3C23C(=O)c2ccccc2C3=O)c(OC)c1. The molecule has 6 nitrogen and oxygen atoms in total. The molecule has 1 spiro atoms. The van der Waals surface area contributed by atoms with Gasteiger partial charge in [-0.1, -0.05) is 72.8 Å². The number of halogens is 1. The largest absolute Gasteiger partial charge is 0.497 e. The van der Waals surface area contributed by atoms with Gasteiger partial charge in [0, 0.05) is 45.5 Å². The Hall–Kier alpha value is -5.04. The number of hydrogen-bond acceptors (Lipinski definition) is 6. The second kappa shape index (κ2) is 9.52. The first-order valence-corrected chi connectivity index (χ1v) is 13.7. The molecule has 4 aromatic rings. The molecule has 1 aliphatic carbocycles. The van der Waals surface area contributed by atoms with Crippen molar-refractivity contribution in [1.29, 1.82) is 0 Å². The number of methoxy groups -OCH3 is 2. The van der Waals surface area contributed by atoms with E-state index >= 15 is 0 Å². The third-order valence-corrected chi connectivity index (χ3v) is 8.87. The molecular formula is C35H26FNO5. The van der Waals surface area contributed by atoms with Crippen LogP contribution in [0.5, 0.6) is 11.5 Å². The normalized spacial score (nSPS) is 21.2. The summed E-state index contributed by atoms with van der Waals surface area (Å²) in [6.07, 6.45) is 3.51. The van der Waals surface area contributed by atoms with Crippen LogP contribution in [0, 0.1) is 11.2 Å². The zero-order chi connectivity index (χ0) is 29.2. The fraction of sp³-hybridized carbons (Fsp3) is 0.171. The lowest BCUT2D eigenvalue weighted by Crippen LogP contribution is -2.48. The predicted octanol–water partition coefficient (Wildman–Crippen LogP) is 6.16. The van der Waals surface area contributed by atoms with Gasteiger partial charge < -0.3 is 14.4 Å². The quantitative estimate of drug-likeness (QED) is 0.216. The van der Waals surface area contributed by atoms with E-state index in [1.54, 1.807) is 84.9 Å². The van der Waals surface area contributed by atoms with Gasteiger partial charge in [0.05, 0.1) is 20.3 Å². The number of carbonyl (C=O) groups excluding carboxylic acids is 3. The summed E-state index contributed by atoms with van der Waals surface area (Å²) in [6.45, 7) is 0. The Morgan fingerprint density at radius 2 is 1.52 bits per heavy atom. The van der Waals surface area contributed by atoms with Crippen LogP contribution in [0.4, 0.5) is 10.1 Å². The number of ether oxygens (including phenoxy) is 2. The lowest BCUT2D eigenvalue weighted by atomic mass is 9.64. The Balaban J connectivity index is 1.57. The summed E-state index contributed by atoms with van der Waals surface area (Å²) in [5.41, 5.74) is 1.06. The molecule has 0 bridgehead atoms. The van der Waals surface area contributed by atoms with Crippen molar-refractivity contribution in [3.05, 3.63) is 131 Å². The fourth-order valence-electron chi connectivity index (χ4n) is 7.14. The molecule has 1 saturated heterocycles. The van der Waals surface area contributed by atoms with Crippen molar-refractivity contribution in [1.82, 2.24) is 0 Å². The molecule has 208 valence electrons. The third-order valence-electron chi connectivity index (χ3n) is 8.87. The van der Waals surface area contributed by atoms with Gasteiger partial charge in [0.2, 0.25) is 0 Å². The highest BCUT2D eigenvalue weighted by Gasteiger charge is 2.72.